The van der Waals surface area contributed by atoms with E-state index in [1.54, 1.807) is 0 Å². The van der Waals surface area contributed by atoms with E-state index < -0.39 is 0 Å². The van der Waals surface area contributed by atoms with Gasteiger partial charge in [0.2, 0.25) is 0 Å². The lowest BCUT2D eigenvalue weighted by Gasteiger charge is -2.24. The Hall–Kier alpha value is -0.120. The van der Waals surface area contributed by atoms with E-state index in [0.29, 0.717) is 12.0 Å². The van der Waals surface area contributed by atoms with Crippen LogP contribution in [0.5, 0.6) is 0 Å². The molecule has 1 saturated heterocycles. The standard InChI is InChI=1S/C11H21NO2/c13-11-4-3-10(6-11)12-7-9-2-1-5-14-8-9/h9-13H,1-8H2/t9?,10-,11+/m0/s1. The van der Waals surface area contributed by atoms with Gasteiger partial charge in [0.15, 0.2) is 0 Å². The van der Waals surface area contributed by atoms with Crippen LogP contribution in [-0.4, -0.2) is 37.0 Å². The highest BCUT2D eigenvalue weighted by Gasteiger charge is 2.23. The van der Waals surface area contributed by atoms with Gasteiger partial charge in [-0.2, -0.15) is 0 Å². The van der Waals surface area contributed by atoms with Crippen molar-refractivity contribution in [2.75, 3.05) is 19.8 Å². The molecule has 0 bridgehead atoms. The molecule has 0 radical (unpaired) electrons. The second-order valence-electron chi connectivity index (χ2n) is 4.66. The van der Waals surface area contributed by atoms with Crippen LogP contribution >= 0.6 is 0 Å². The summed E-state index contributed by atoms with van der Waals surface area (Å²) < 4.78 is 5.43. The van der Waals surface area contributed by atoms with Gasteiger partial charge in [0.25, 0.3) is 0 Å². The lowest BCUT2D eigenvalue weighted by molar-refractivity contribution is 0.0537. The zero-order chi connectivity index (χ0) is 9.80. The van der Waals surface area contributed by atoms with Crippen molar-refractivity contribution < 1.29 is 9.84 Å². The van der Waals surface area contributed by atoms with Crippen molar-refractivity contribution in [2.45, 2.75) is 44.2 Å². The molecule has 2 aliphatic rings. The normalized spacial score (nSPS) is 38.8. The summed E-state index contributed by atoms with van der Waals surface area (Å²) in [6, 6.07) is 0.548. The van der Waals surface area contributed by atoms with E-state index in [1.807, 2.05) is 0 Å². The summed E-state index contributed by atoms with van der Waals surface area (Å²) >= 11 is 0. The summed E-state index contributed by atoms with van der Waals surface area (Å²) in [4.78, 5) is 0. The molecule has 2 N–H and O–H groups in total. The third kappa shape index (κ3) is 2.94. The maximum atomic E-state index is 9.37. The molecule has 0 spiro atoms. The molecule has 1 aliphatic carbocycles. The molecule has 0 aromatic carbocycles. The third-order valence-corrected chi connectivity index (χ3v) is 3.35. The van der Waals surface area contributed by atoms with Crippen LogP contribution in [0.2, 0.25) is 0 Å². The van der Waals surface area contributed by atoms with E-state index in [0.717, 1.165) is 39.0 Å². The molecule has 1 unspecified atom stereocenters. The van der Waals surface area contributed by atoms with E-state index in [1.165, 1.54) is 12.8 Å². The van der Waals surface area contributed by atoms with Crippen LogP contribution < -0.4 is 5.32 Å². The third-order valence-electron chi connectivity index (χ3n) is 3.35. The number of rotatable bonds is 3. The van der Waals surface area contributed by atoms with Gasteiger partial charge in [0, 0.05) is 19.2 Å². The number of nitrogens with one attached hydrogen (secondary N) is 1. The van der Waals surface area contributed by atoms with Crippen molar-refractivity contribution in [3.8, 4) is 0 Å². The lowest BCUT2D eigenvalue weighted by Crippen LogP contribution is -2.35. The van der Waals surface area contributed by atoms with Crippen molar-refractivity contribution in [1.82, 2.24) is 5.32 Å². The monoisotopic (exact) mass is 199 g/mol. The quantitative estimate of drug-likeness (QED) is 0.710. The van der Waals surface area contributed by atoms with Crippen LogP contribution in [0.15, 0.2) is 0 Å². The fourth-order valence-electron chi connectivity index (χ4n) is 2.44. The van der Waals surface area contributed by atoms with Crippen LogP contribution in [0, 0.1) is 5.92 Å². The molecule has 0 amide bonds. The maximum Gasteiger partial charge on any atom is 0.0555 e. The molecular weight excluding hydrogens is 178 g/mol. The first-order valence-electron chi connectivity index (χ1n) is 5.84. The molecule has 0 aromatic heterocycles. The first-order valence-corrected chi connectivity index (χ1v) is 5.84. The van der Waals surface area contributed by atoms with E-state index in [4.69, 9.17) is 4.74 Å². The first kappa shape index (κ1) is 10.4. The molecule has 1 aliphatic heterocycles. The molecule has 3 nitrogen and oxygen atoms in total. The van der Waals surface area contributed by atoms with Crippen molar-refractivity contribution in [3.05, 3.63) is 0 Å². The Balaban J connectivity index is 1.61. The van der Waals surface area contributed by atoms with E-state index in [-0.39, 0.29) is 6.10 Å². The second kappa shape index (κ2) is 5.10. The van der Waals surface area contributed by atoms with Gasteiger partial charge in [-0.25, -0.2) is 0 Å². The smallest absolute Gasteiger partial charge is 0.0555 e. The van der Waals surface area contributed by atoms with Gasteiger partial charge in [-0.3, -0.25) is 0 Å². The zero-order valence-corrected chi connectivity index (χ0v) is 8.74. The highest BCUT2D eigenvalue weighted by atomic mass is 16.5. The Bertz CT molecular complexity index is 164. The van der Waals surface area contributed by atoms with Gasteiger partial charge < -0.3 is 15.2 Å². The van der Waals surface area contributed by atoms with Gasteiger partial charge in [-0.05, 0) is 38.0 Å². The highest BCUT2D eigenvalue weighted by molar-refractivity contribution is 4.81. The Kier molecular flexibility index (Phi) is 3.79. The Morgan fingerprint density at radius 3 is 2.86 bits per heavy atom. The SMILES string of the molecule is O[C@@H]1CC[C@H](NCC2CCCOC2)C1. The van der Waals surface area contributed by atoms with Crippen LogP contribution in [-0.2, 0) is 4.74 Å². The number of hydrogen-bond acceptors (Lipinski definition) is 3. The minimum atomic E-state index is -0.0601. The summed E-state index contributed by atoms with van der Waals surface area (Å²) in [7, 11) is 0. The summed E-state index contributed by atoms with van der Waals surface area (Å²) in [6.45, 7) is 2.93. The summed E-state index contributed by atoms with van der Waals surface area (Å²) in [5.41, 5.74) is 0. The second-order valence-corrected chi connectivity index (χ2v) is 4.66. The molecule has 3 atom stereocenters. The van der Waals surface area contributed by atoms with Crippen LogP contribution in [0.3, 0.4) is 0 Å². The summed E-state index contributed by atoms with van der Waals surface area (Å²) in [5, 5.41) is 12.9. The Morgan fingerprint density at radius 1 is 1.29 bits per heavy atom. The van der Waals surface area contributed by atoms with Crippen LogP contribution in [0.25, 0.3) is 0 Å². The van der Waals surface area contributed by atoms with Crippen molar-refractivity contribution in [2.24, 2.45) is 5.92 Å². The van der Waals surface area contributed by atoms with Crippen molar-refractivity contribution >= 4 is 0 Å². The van der Waals surface area contributed by atoms with Gasteiger partial charge in [0.1, 0.15) is 0 Å². The maximum absolute atomic E-state index is 9.37. The van der Waals surface area contributed by atoms with E-state index in [9.17, 15) is 5.11 Å². The number of aliphatic hydroxyl groups is 1. The molecular formula is C11H21NO2. The molecule has 0 aromatic rings. The number of hydrogen-bond donors (Lipinski definition) is 2. The number of aliphatic hydroxyl groups excluding tert-OH is 1. The fourth-order valence-corrected chi connectivity index (χ4v) is 2.44. The van der Waals surface area contributed by atoms with Gasteiger partial charge in [-0.1, -0.05) is 0 Å². The number of ether oxygens (including phenoxy) is 1. The molecule has 2 rings (SSSR count). The summed E-state index contributed by atoms with van der Waals surface area (Å²) in [6.07, 6.45) is 5.48. The molecule has 1 heterocycles. The van der Waals surface area contributed by atoms with Crippen LogP contribution in [0.1, 0.15) is 32.1 Å². The minimum absolute atomic E-state index is 0.0601. The topological polar surface area (TPSA) is 41.5 Å². The van der Waals surface area contributed by atoms with Crippen molar-refractivity contribution in [1.29, 1.82) is 0 Å². The van der Waals surface area contributed by atoms with Gasteiger partial charge in [-0.15, -0.1) is 0 Å². The average Bonchev–Trinajstić information content (AvgIpc) is 2.63. The Morgan fingerprint density at radius 2 is 2.21 bits per heavy atom. The van der Waals surface area contributed by atoms with Crippen LogP contribution in [0.4, 0.5) is 0 Å². The fraction of sp³-hybridized carbons (Fsp3) is 1.00. The largest absolute Gasteiger partial charge is 0.393 e. The minimum Gasteiger partial charge on any atom is -0.393 e. The van der Waals surface area contributed by atoms with Crippen molar-refractivity contribution in [3.63, 3.8) is 0 Å². The van der Waals surface area contributed by atoms with E-state index >= 15 is 0 Å². The molecule has 3 heteroatoms. The summed E-state index contributed by atoms with van der Waals surface area (Å²) in [5.74, 6) is 0.696. The molecule has 2 fully saturated rings. The first-order chi connectivity index (χ1) is 6.84. The molecule has 1 saturated carbocycles. The predicted octanol–water partition coefficient (Wildman–Crippen LogP) is 0.916. The molecule has 82 valence electrons. The lowest BCUT2D eigenvalue weighted by atomic mass is 10.0. The molecule has 14 heavy (non-hydrogen) atoms. The van der Waals surface area contributed by atoms with E-state index in [2.05, 4.69) is 5.32 Å². The average molecular weight is 199 g/mol. The van der Waals surface area contributed by atoms with Gasteiger partial charge >= 0.3 is 0 Å². The Labute approximate surface area is 85.8 Å². The zero-order valence-electron chi connectivity index (χ0n) is 8.74. The predicted molar refractivity (Wildman–Crippen MR) is 55.2 cm³/mol. The highest BCUT2D eigenvalue weighted by Crippen LogP contribution is 2.20. The van der Waals surface area contributed by atoms with Gasteiger partial charge in [0.05, 0.1) is 12.7 Å².